The molecule has 0 N–H and O–H groups in total. The molecular weight excluding hydrogens is 653 g/mol. The predicted octanol–water partition coefficient (Wildman–Crippen LogP) is 12.6. The zero-order valence-electron chi connectivity index (χ0n) is 29.4. The molecule has 2 heteroatoms. The topological polar surface area (TPSA) is 9.86 Å². The van der Waals surface area contributed by atoms with Crippen molar-refractivity contribution >= 4 is 43.6 Å². The summed E-state index contributed by atoms with van der Waals surface area (Å²) in [7, 11) is 0. The summed E-state index contributed by atoms with van der Waals surface area (Å²) in [5.74, 6) is 12.5. The number of rotatable bonds is 4. The second-order valence-corrected chi connectivity index (χ2v) is 13.5. The first kappa shape index (κ1) is 31.2. The fraction of sp³-hybridized carbons (Fsp3) is 0. The highest BCUT2D eigenvalue weighted by atomic mass is 15.0. The summed E-state index contributed by atoms with van der Waals surface area (Å²) in [4.78, 5) is 0. The van der Waals surface area contributed by atoms with Crippen molar-refractivity contribution in [2.75, 3.05) is 0 Å². The van der Waals surface area contributed by atoms with Crippen LogP contribution in [0.25, 0.3) is 77.2 Å². The van der Waals surface area contributed by atoms with Crippen LogP contribution in [0.5, 0.6) is 0 Å². The predicted molar refractivity (Wildman–Crippen MR) is 226 cm³/mol. The molecule has 250 valence electrons. The molecule has 10 aromatic rings. The number of aromatic nitrogens is 2. The van der Waals surface area contributed by atoms with E-state index in [-0.39, 0.29) is 0 Å². The number of hydrogen-bond donors (Lipinski definition) is 0. The summed E-state index contributed by atoms with van der Waals surface area (Å²) < 4.78 is 4.68. The molecule has 10 rings (SSSR count). The molecule has 0 aliphatic rings. The lowest BCUT2D eigenvalue weighted by atomic mass is 10.0. The normalized spacial score (nSPS) is 11.0. The van der Waals surface area contributed by atoms with Gasteiger partial charge in [0.1, 0.15) is 0 Å². The van der Waals surface area contributed by atoms with Gasteiger partial charge in [0.15, 0.2) is 0 Å². The monoisotopic (exact) mass is 684 g/mol. The van der Waals surface area contributed by atoms with Crippen LogP contribution in [0.1, 0.15) is 11.1 Å². The molecule has 0 atom stereocenters. The van der Waals surface area contributed by atoms with Gasteiger partial charge in [0.25, 0.3) is 0 Å². The summed E-state index contributed by atoms with van der Waals surface area (Å²) in [6.45, 7) is 0. The lowest BCUT2D eigenvalue weighted by Gasteiger charge is -2.09. The quantitative estimate of drug-likeness (QED) is 0.163. The molecule has 0 saturated heterocycles. The SMILES string of the molecule is C(C#Cc1ccc(-c2ccc(-n3c4ccccc4c4ccccc43)cc2)cc1)#Cc1ccc(-c2ccc(-n3c4ccccc4c4ccccc43)cc2)cc1. The Labute approximate surface area is 314 Å². The second-order valence-electron chi connectivity index (χ2n) is 13.5. The minimum atomic E-state index is 0.939. The van der Waals surface area contributed by atoms with Gasteiger partial charge in [-0.3, -0.25) is 0 Å². The van der Waals surface area contributed by atoms with E-state index in [0.29, 0.717) is 0 Å². The summed E-state index contributed by atoms with van der Waals surface area (Å²) in [6, 6.07) is 68.7. The van der Waals surface area contributed by atoms with Gasteiger partial charge in [-0.05, 0) is 107 Å². The standard InChI is InChI=1S/C52H32N2/c1(11-37-21-25-39(26-22-37)41-29-33-43(34-30-41)53-49-17-7-3-13-45(49)46-14-4-8-18-50(46)53)2-12-38-23-27-40(28-24-38)42-31-35-44(36-32-42)54-51-19-9-5-15-47(51)48-16-6-10-20-52(48)54/h3-10,13-36H. The maximum Gasteiger partial charge on any atom is 0.0541 e. The molecule has 2 nitrogen and oxygen atoms in total. The molecule has 0 amide bonds. The van der Waals surface area contributed by atoms with E-state index in [1.165, 1.54) is 54.7 Å². The molecule has 2 aromatic heterocycles. The van der Waals surface area contributed by atoms with Crippen molar-refractivity contribution in [3.8, 4) is 57.3 Å². The van der Waals surface area contributed by atoms with Crippen LogP contribution in [-0.2, 0) is 0 Å². The zero-order chi connectivity index (χ0) is 35.8. The maximum absolute atomic E-state index is 3.20. The Morgan fingerprint density at radius 2 is 0.519 bits per heavy atom. The average molecular weight is 685 g/mol. The first-order valence-electron chi connectivity index (χ1n) is 18.2. The van der Waals surface area contributed by atoms with E-state index in [0.717, 1.165) is 33.6 Å². The molecule has 0 unspecified atom stereocenters. The van der Waals surface area contributed by atoms with Crippen LogP contribution in [0.4, 0.5) is 0 Å². The van der Waals surface area contributed by atoms with Crippen molar-refractivity contribution in [1.82, 2.24) is 9.13 Å². The number of benzene rings is 8. The molecule has 0 fully saturated rings. The van der Waals surface area contributed by atoms with Gasteiger partial charge in [0.2, 0.25) is 0 Å². The van der Waals surface area contributed by atoms with Gasteiger partial charge in [-0.2, -0.15) is 0 Å². The van der Waals surface area contributed by atoms with Crippen molar-refractivity contribution in [2.24, 2.45) is 0 Å². The summed E-state index contributed by atoms with van der Waals surface area (Å²) in [5.41, 5.74) is 13.7. The average Bonchev–Trinajstić information content (AvgIpc) is 3.76. The summed E-state index contributed by atoms with van der Waals surface area (Å²) >= 11 is 0. The fourth-order valence-corrected chi connectivity index (χ4v) is 7.71. The van der Waals surface area contributed by atoms with Crippen LogP contribution in [-0.4, -0.2) is 9.13 Å². The fourth-order valence-electron chi connectivity index (χ4n) is 7.71. The highest BCUT2D eigenvalue weighted by Crippen LogP contribution is 2.34. The van der Waals surface area contributed by atoms with Gasteiger partial charge in [-0.15, -0.1) is 0 Å². The summed E-state index contributed by atoms with van der Waals surface area (Å²) in [5, 5.41) is 5.08. The van der Waals surface area contributed by atoms with Gasteiger partial charge in [-0.25, -0.2) is 0 Å². The van der Waals surface area contributed by atoms with Gasteiger partial charge in [0, 0.05) is 44.0 Å². The van der Waals surface area contributed by atoms with Crippen LogP contribution in [0.15, 0.2) is 194 Å². The highest BCUT2D eigenvalue weighted by molar-refractivity contribution is 6.10. The molecule has 0 aliphatic carbocycles. The molecule has 54 heavy (non-hydrogen) atoms. The van der Waals surface area contributed by atoms with Gasteiger partial charge >= 0.3 is 0 Å². The Kier molecular flexibility index (Phi) is 7.65. The maximum atomic E-state index is 3.20. The molecule has 0 saturated carbocycles. The van der Waals surface area contributed by atoms with Crippen molar-refractivity contribution < 1.29 is 0 Å². The lowest BCUT2D eigenvalue weighted by Crippen LogP contribution is -1.93. The molecule has 8 aromatic carbocycles. The van der Waals surface area contributed by atoms with Crippen molar-refractivity contribution in [3.63, 3.8) is 0 Å². The minimum absolute atomic E-state index is 0.939. The molecule has 0 radical (unpaired) electrons. The first-order valence-corrected chi connectivity index (χ1v) is 18.2. The largest absolute Gasteiger partial charge is 0.309 e. The van der Waals surface area contributed by atoms with Crippen molar-refractivity contribution in [3.05, 3.63) is 205 Å². The number of para-hydroxylation sites is 4. The molecule has 0 aliphatic heterocycles. The van der Waals surface area contributed by atoms with Crippen molar-refractivity contribution in [2.45, 2.75) is 0 Å². The Morgan fingerprint density at radius 1 is 0.259 bits per heavy atom. The third kappa shape index (κ3) is 5.52. The Bertz CT molecular complexity index is 2790. The number of hydrogen-bond acceptors (Lipinski definition) is 0. The van der Waals surface area contributed by atoms with E-state index in [4.69, 9.17) is 0 Å². The Hall–Kier alpha value is -7.52. The first-order chi connectivity index (χ1) is 26.8. The minimum Gasteiger partial charge on any atom is -0.309 e. The molecular formula is C52H32N2. The van der Waals surface area contributed by atoms with Gasteiger partial charge < -0.3 is 9.13 Å². The van der Waals surface area contributed by atoms with Crippen LogP contribution in [0, 0.1) is 23.7 Å². The Balaban J connectivity index is 0.820. The second kappa shape index (κ2) is 13.2. The van der Waals surface area contributed by atoms with E-state index < -0.39 is 0 Å². The Morgan fingerprint density at radius 3 is 0.815 bits per heavy atom. The van der Waals surface area contributed by atoms with E-state index in [2.05, 4.69) is 227 Å². The van der Waals surface area contributed by atoms with E-state index in [1.807, 2.05) is 0 Å². The van der Waals surface area contributed by atoms with E-state index in [1.54, 1.807) is 0 Å². The number of fused-ring (bicyclic) bond motifs is 6. The molecule has 0 spiro atoms. The lowest BCUT2D eigenvalue weighted by molar-refractivity contribution is 1.18. The third-order valence-corrected chi connectivity index (χ3v) is 10.3. The van der Waals surface area contributed by atoms with Gasteiger partial charge in [-0.1, -0.05) is 133 Å². The van der Waals surface area contributed by atoms with E-state index in [9.17, 15) is 0 Å². The van der Waals surface area contributed by atoms with Crippen LogP contribution < -0.4 is 0 Å². The van der Waals surface area contributed by atoms with Crippen LogP contribution >= 0.6 is 0 Å². The number of nitrogens with zero attached hydrogens (tertiary/aromatic N) is 2. The summed E-state index contributed by atoms with van der Waals surface area (Å²) in [6.07, 6.45) is 0. The third-order valence-electron chi connectivity index (χ3n) is 10.3. The van der Waals surface area contributed by atoms with Gasteiger partial charge in [0.05, 0.1) is 22.1 Å². The smallest absolute Gasteiger partial charge is 0.0541 e. The zero-order valence-corrected chi connectivity index (χ0v) is 29.4. The van der Waals surface area contributed by atoms with E-state index >= 15 is 0 Å². The van der Waals surface area contributed by atoms with Crippen LogP contribution in [0.3, 0.4) is 0 Å². The highest BCUT2D eigenvalue weighted by Gasteiger charge is 2.13. The van der Waals surface area contributed by atoms with Crippen molar-refractivity contribution in [1.29, 1.82) is 0 Å². The van der Waals surface area contributed by atoms with Crippen LogP contribution in [0.2, 0.25) is 0 Å². The molecule has 0 bridgehead atoms. The molecule has 2 heterocycles.